The number of nitrogens with zero attached hydrogens (tertiary/aromatic N) is 3. The summed E-state index contributed by atoms with van der Waals surface area (Å²) in [7, 11) is 0. The van der Waals surface area contributed by atoms with Crippen LogP contribution in [0.3, 0.4) is 0 Å². The van der Waals surface area contributed by atoms with Crippen molar-refractivity contribution in [2.75, 3.05) is 18.0 Å². The molecule has 3 heterocycles. The topological polar surface area (TPSA) is 69.0 Å². The lowest BCUT2D eigenvalue weighted by atomic mass is 9.85. The number of carbonyl (C=O) groups is 1. The number of piperidine rings is 2. The zero-order chi connectivity index (χ0) is 14.1. The molecule has 2 atom stereocenters. The van der Waals surface area contributed by atoms with E-state index < -0.39 is 0 Å². The molecule has 0 saturated carbocycles. The summed E-state index contributed by atoms with van der Waals surface area (Å²) in [5.41, 5.74) is 1.64. The summed E-state index contributed by atoms with van der Waals surface area (Å²) >= 11 is 0. The number of nitriles is 1. The second kappa shape index (κ2) is 5.12. The number of rotatable bonds is 1. The molecular formula is C15H18N4O. The fraction of sp³-hybridized carbons (Fsp3) is 0.533. The highest BCUT2D eigenvalue weighted by molar-refractivity contribution is 5.77. The number of aryl methyl sites for hydroxylation is 1. The first-order chi connectivity index (χ1) is 9.69. The standard InChI is InChI=1S/C15H18N4O/c1-10-4-6-17-15(12(10)8-16)19-7-5-13-11(9-19)2-3-14(20)18-13/h4,6,11,13H,2-3,5,7,9H2,1H3,(H,18,20). The van der Waals surface area contributed by atoms with Gasteiger partial charge in [-0.1, -0.05) is 0 Å². The highest BCUT2D eigenvalue weighted by atomic mass is 16.1. The number of anilines is 1. The van der Waals surface area contributed by atoms with Crippen LogP contribution in [-0.4, -0.2) is 30.0 Å². The van der Waals surface area contributed by atoms with Crippen LogP contribution < -0.4 is 10.2 Å². The fourth-order valence-corrected chi connectivity index (χ4v) is 3.22. The SMILES string of the molecule is Cc1ccnc(N2CCC3NC(=O)CCC3C2)c1C#N. The molecule has 2 unspecified atom stereocenters. The number of hydrogen-bond donors (Lipinski definition) is 1. The van der Waals surface area contributed by atoms with E-state index in [0.717, 1.165) is 37.3 Å². The minimum Gasteiger partial charge on any atom is -0.355 e. The number of carbonyl (C=O) groups excluding carboxylic acids is 1. The van der Waals surface area contributed by atoms with Gasteiger partial charge in [-0.05, 0) is 37.3 Å². The highest BCUT2D eigenvalue weighted by Gasteiger charge is 2.34. The normalized spacial score (nSPS) is 25.6. The maximum absolute atomic E-state index is 11.4. The molecular weight excluding hydrogens is 252 g/mol. The van der Waals surface area contributed by atoms with E-state index in [1.165, 1.54) is 0 Å². The predicted molar refractivity (Wildman–Crippen MR) is 75.2 cm³/mol. The van der Waals surface area contributed by atoms with Crippen LogP contribution in [-0.2, 0) is 4.79 Å². The van der Waals surface area contributed by atoms with Gasteiger partial charge in [0.2, 0.25) is 5.91 Å². The summed E-state index contributed by atoms with van der Waals surface area (Å²) < 4.78 is 0. The van der Waals surface area contributed by atoms with Gasteiger partial charge < -0.3 is 10.2 Å². The molecule has 1 amide bonds. The molecule has 20 heavy (non-hydrogen) atoms. The molecule has 0 radical (unpaired) electrons. The third-order valence-electron chi connectivity index (χ3n) is 4.37. The molecule has 1 N–H and O–H groups in total. The molecule has 1 aromatic heterocycles. The number of amides is 1. The van der Waals surface area contributed by atoms with E-state index >= 15 is 0 Å². The maximum Gasteiger partial charge on any atom is 0.220 e. The smallest absolute Gasteiger partial charge is 0.220 e. The lowest BCUT2D eigenvalue weighted by Gasteiger charge is -2.42. The van der Waals surface area contributed by atoms with Gasteiger partial charge in [-0.25, -0.2) is 4.98 Å². The molecule has 3 rings (SSSR count). The van der Waals surface area contributed by atoms with Crippen LogP contribution >= 0.6 is 0 Å². The van der Waals surface area contributed by atoms with Crippen LogP contribution in [0, 0.1) is 24.2 Å². The summed E-state index contributed by atoms with van der Waals surface area (Å²) in [6.07, 6.45) is 4.24. The number of fused-ring (bicyclic) bond motifs is 1. The van der Waals surface area contributed by atoms with Crippen LogP contribution in [0.4, 0.5) is 5.82 Å². The van der Waals surface area contributed by atoms with Crippen LogP contribution in [0.1, 0.15) is 30.4 Å². The number of aromatic nitrogens is 1. The maximum atomic E-state index is 11.4. The van der Waals surface area contributed by atoms with Crippen LogP contribution in [0.15, 0.2) is 12.3 Å². The van der Waals surface area contributed by atoms with Crippen molar-refractivity contribution in [2.24, 2.45) is 5.92 Å². The van der Waals surface area contributed by atoms with Gasteiger partial charge in [0.15, 0.2) is 0 Å². The van der Waals surface area contributed by atoms with Crippen molar-refractivity contribution in [3.05, 3.63) is 23.4 Å². The monoisotopic (exact) mass is 270 g/mol. The fourth-order valence-electron chi connectivity index (χ4n) is 3.22. The lowest BCUT2D eigenvalue weighted by molar-refractivity contribution is -0.124. The molecule has 0 spiro atoms. The van der Waals surface area contributed by atoms with Gasteiger partial charge in [0.05, 0.1) is 5.56 Å². The minimum atomic E-state index is 0.172. The highest BCUT2D eigenvalue weighted by Crippen LogP contribution is 2.29. The number of nitrogens with one attached hydrogen (secondary N) is 1. The van der Waals surface area contributed by atoms with E-state index in [9.17, 15) is 10.1 Å². The minimum absolute atomic E-state index is 0.172. The summed E-state index contributed by atoms with van der Waals surface area (Å²) in [5, 5.41) is 12.4. The second-order valence-electron chi connectivity index (χ2n) is 5.65. The lowest BCUT2D eigenvalue weighted by Crippen LogP contribution is -2.54. The summed E-state index contributed by atoms with van der Waals surface area (Å²) in [4.78, 5) is 18.0. The molecule has 2 aliphatic rings. The molecule has 5 nitrogen and oxygen atoms in total. The average molecular weight is 270 g/mol. The molecule has 0 aromatic carbocycles. The van der Waals surface area contributed by atoms with Crippen molar-refractivity contribution < 1.29 is 4.79 Å². The summed E-state index contributed by atoms with van der Waals surface area (Å²) in [6.45, 7) is 3.65. The van der Waals surface area contributed by atoms with Crippen LogP contribution in [0.5, 0.6) is 0 Å². The molecule has 2 saturated heterocycles. The number of pyridine rings is 1. The van der Waals surface area contributed by atoms with E-state index in [1.807, 2.05) is 13.0 Å². The third-order valence-corrected chi connectivity index (χ3v) is 4.37. The Balaban J connectivity index is 1.82. The Kier molecular flexibility index (Phi) is 3.31. The van der Waals surface area contributed by atoms with Crippen LogP contribution in [0.2, 0.25) is 0 Å². The van der Waals surface area contributed by atoms with E-state index in [2.05, 4.69) is 21.3 Å². The first-order valence-corrected chi connectivity index (χ1v) is 7.09. The van der Waals surface area contributed by atoms with E-state index in [1.54, 1.807) is 6.20 Å². The zero-order valence-corrected chi connectivity index (χ0v) is 11.6. The van der Waals surface area contributed by atoms with Crippen LogP contribution in [0.25, 0.3) is 0 Å². The number of hydrogen-bond acceptors (Lipinski definition) is 4. The van der Waals surface area contributed by atoms with Gasteiger partial charge in [0, 0.05) is 31.7 Å². The zero-order valence-electron chi connectivity index (χ0n) is 11.6. The predicted octanol–water partition coefficient (Wildman–Crippen LogP) is 1.37. The van der Waals surface area contributed by atoms with E-state index in [4.69, 9.17) is 0 Å². The average Bonchev–Trinajstić information content (AvgIpc) is 2.46. The second-order valence-corrected chi connectivity index (χ2v) is 5.65. The third kappa shape index (κ3) is 2.22. The van der Waals surface area contributed by atoms with E-state index in [-0.39, 0.29) is 5.91 Å². The largest absolute Gasteiger partial charge is 0.355 e. The van der Waals surface area contributed by atoms with Gasteiger partial charge in [-0.2, -0.15) is 5.26 Å². The Bertz CT molecular complexity index is 578. The van der Waals surface area contributed by atoms with Gasteiger partial charge in [0.25, 0.3) is 0 Å². The Hall–Kier alpha value is -2.09. The van der Waals surface area contributed by atoms with Crippen molar-refractivity contribution in [2.45, 2.75) is 32.2 Å². The molecule has 0 bridgehead atoms. The molecule has 104 valence electrons. The van der Waals surface area contributed by atoms with Gasteiger partial charge in [0.1, 0.15) is 11.9 Å². The molecule has 2 aliphatic heterocycles. The molecule has 1 aromatic rings. The molecule has 0 aliphatic carbocycles. The van der Waals surface area contributed by atoms with E-state index in [0.29, 0.717) is 23.9 Å². The first-order valence-electron chi connectivity index (χ1n) is 7.09. The Morgan fingerprint density at radius 3 is 3.15 bits per heavy atom. The molecule has 2 fully saturated rings. The van der Waals surface area contributed by atoms with Crippen molar-refractivity contribution >= 4 is 11.7 Å². The Labute approximate surface area is 118 Å². The van der Waals surface area contributed by atoms with Crippen molar-refractivity contribution in [1.82, 2.24) is 10.3 Å². The summed E-state index contributed by atoms with van der Waals surface area (Å²) in [6, 6.07) is 4.43. The first kappa shape index (κ1) is 12.9. The molecule has 5 heteroatoms. The quantitative estimate of drug-likeness (QED) is 0.836. The van der Waals surface area contributed by atoms with Gasteiger partial charge in [-0.15, -0.1) is 0 Å². The summed E-state index contributed by atoms with van der Waals surface area (Å²) in [5.74, 6) is 1.43. The van der Waals surface area contributed by atoms with Gasteiger partial charge in [-0.3, -0.25) is 4.79 Å². The van der Waals surface area contributed by atoms with Crippen molar-refractivity contribution in [1.29, 1.82) is 5.26 Å². The Morgan fingerprint density at radius 1 is 1.50 bits per heavy atom. The van der Waals surface area contributed by atoms with Crippen molar-refractivity contribution in [3.63, 3.8) is 0 Å². The van der Waals surface area contributed by atoms with Gasteiger partial charge >= 0.3 is 0 Å². The van der Waals surface area contributed by atoms with Crippen molar-refractivity contribution in [3.8, 4) is 6.07 Å². The Morgan fingerprint density at radius 2 is 2.35 bits per heavy atom.